The van der Waals surface area contributed by atoms with Gasteiger partial charge in [0.25, 0.3) is 5.91 Å². The number of carbonyl (C=O) groups is 1. The van der Waals surface area contributed by atoms with E-state index in [4.69, 9.17) is 0 Å². The number of halogens is 1. The molecule has 5 rings (SSSR count). The molecule has 0 radical (unpaired) electrons. The number of rotatable bonds is 9. The van der Waals surface area contributed by atoms with Gasteiger partial charge in [0, 0.05) is 22.6 Å². The summed E-state index contributed by atoms with van der Waals surface area (Å²) in [7, 11) is -3.82. The van der Waals surface area contributed by atoms with E-state index in [1.165, 1.54) is 44.9 Å². The number of aromatic nitrogens is 1. The number of fused-ring (bicyclic) bond motifs is 1. The number of thiazole rings is 1. The van der Waals surface area contributed by atoms with Gasteiger partial charge in [-0.25, -0.2) is 13.4 Å². The Hall–Kier alpha value is -3.70. The summed E-state index contributed by atoms with van der Waals surface area (Å²) in [6.45, 7) is 5.94. The van der Waals surface area contributed by atoms with Crippen LogP contribution in [0.15, 0.2) is 112 Å². The van der Waals surface area contributed by atoms with E-state index in [9.17, 15) is 13.2 Å². The minimum Gasteiger partial charge on any atom is -0.267 e. The van der Waals surface area contributed by atoms with Crippen LogP contribution in [0, 0.1) is 6.92 Å². The van der Waals surface area contributed by atoms with Gasteiger partial charge < -0.3 is 0 Å². The van der Waals surface area contributed by atoms with Crippen LogP contribution in [0.5, 0.6) is 0 Å². The number of anilines is 1. The molecule has 1 heterocycles. The van der Waals surface area contributed by atoms with E-state index in [-0.39, 0.29) is 23.0 Å². The molecule has 0 N–H and O–H groups in total. The standard InChI is InChI=1S/C32H29BrN4O3S2/c1-22(2)36(21-25-7-5-4-6-8-25)42(39,40)28-16-12-26(13-17-28)31(38)37(34-20-24-10-14-27(33)15-11-24)32-35-29-18-9-23(3)19-30(29)41-32/h4-20,22H,21H2,1-3H3/b34-20+. The van der Waals surface area contributed by atoms with Gasteiger partial charge >= 0.3 is 0 Å². The highest BCUT2D eigenvalue weighted by atomic mass is 79.9. The molecule has 1 amide bonds. The highest BCUT2D eigenvalue weighted by Crippen LogP contribution is 2.31. The second kappa shape index (κ2) is 12.7. The molecule has 0 fully saturated rings. The van der Waals surface area contributed by atoms with Crippen molar-refractivity contribution in [2.24, 2.45) is 5.10 Å². The molecule has 5 aromatic rings. The number of benzene rings is 4. The highest BCUT2D eigenvalue weighted by molar-refractivity contribution is 9.10. The zero-order valence-electron chi connectivity index (χ0n) is 23.3. The molecule has 1 aromatic heterocycles. The fraction of sp³-hybridized carbons (Fsp3) is 0.156. The van der Waals surface area contributed by atoms with Gasteiger partial charge in [-0.15, -0.1) is 0 Å². The maximum Gasteiger partial charge on any atom is 0.280 e. The van der Waals surface area contributed by atoms with Crippen LogP contribution in [0.3, 0.4) is 0 Å². The third-order valence-corrected chi connectivity index (χ3v) is 10.1. The van der Waals surface area contributed by atoms with Crippen molar-refractivity contribution in [2.45, 2.75) is 38.3 Å². The van der Waals surface area contributed by atoms with Gasteiger partial charge in [0.1, 0.15) is 0 Å². The van der Waals surface area contributed by atoms with E-state index < -0.39 is 15.9 Å². The van der Waals surface area contributed by atoms with Crippen molar-refractivity contribution in [2.75, 3.05) is 5.01 Å². The second-order valence-corrected chi connectivity index (χ2v) is 13.9. The van der Waals surface area contributed by atoms with E-state index in [0.717, 1.165) is 31.4 Å². The molecule has 0 atom stereocenters. The zero-order valence-corrected chi connectivity index (χ0v) is 26.5. The Morgan fingerprint density at radius 2 is 1.67 bits per heavy atom. The number of hydrazone groups is 1. The third-order valence-electron chi connectivity index (χ3n) is 6.56. The Labute approximate surface area is 258 Å². The molecular formula is C32H29BrN4O3S2. The predicted octanol–water partition coefficient (Wildman–Crippen LogP) is 7.65. The first-order valence-corrected chi connectivity index (χ1v) is 16.3. The Morgan fingerprint density at radius 1 is 0.976 bits per heavy atom. The number of hydrogen-bond donors (Lipinski definition) is 0. The van der Waals surface area contributed by atoms with Crippen molar-refractivity contribution in [3.05, 3.63) is 124 Å². The van der Waals surface area contributed by atoms with Crippen molar-refractivity contribution in [3.8, 4) is 0 Å². The Morgan fingerprint density at radius 3 is 2.33 bits per heavy atom. The number of sulfonamides is 1. The lowest BCUT2D eigenvalue weighted by atomic mass is 10.2. The number of nitrogens with zero attached hydrogens (tertiary/aromatic N) is 4. The summed E-state index contributed by atoms with van der Waals surface area (Å²) in [5.74, 6) is -0.423. The summed E-state index contributed by atoms with van der Waals surface area (Å²) >= 11 is 4.80. The van der Waals surface area contributed by atoms with Gasteiger partial charge in [0.2, 0.25) is 15.2 Å². The predicted molar refractivity (Wildman–Crippen MR) is 174 cm³/mol. The number of hydrogen-bond acceptors (Lipinski definition) is 6. The maximum atomic E-state index is 13.8. The van der Waals surface area contributed by atoms with E-state index in [2.05, 4.69) is 26.0 Å². The molecule has 0 aliphatic carbocycles. The fourth-order valence-electron chi connectivity index (χ4n) is 4.31. The minimum absolute atomic E-state index is 0.115. The molecule has 0 spiro atoms. The van der Waals surface area contributed by atoms with Crippen LogP contribution in [0.25, 0.3) is 10.2 Å². The molecule has 0 bridgehead atoms. The van der Waals surface area contributed by atoms with Crippen molar-refractivity contribution in [3.63, 3.8) is 0 Å². The molecule has 0 aliphatic rings. The normalized spacial score (nSPS) is 12.0. The first-order valence-electron chi connectivity index (χ1n) is 13.3. The van der Waals surface area contributed by atoms with Gasteiger partial charge in [-0.2, -0.15) is 14.4 Å². The van der Waals surface area contributed by atoms with Gasteiger partial charge in [0.15, 0.2) is 0 Å². The highest BCUT2D eigenvalue weighted by Gasteiger charge is 2.28. The molecule has 0 saturated heterocycles. The van der Waals surface area contributed by atoms with Crippen molar-refractivity contribution in [1.82, 2.24) is 9.29 Å². The average Bonchev–Trinajstić information content (AvgIpc) is 3.40. The van der Waals surface area contributed by atoms with E-state index in [0.29, 0.717) is 5.13 Å². The van der Waals surface area contributed by atoms with Gasteiger partial charge in [-0.1, -0.05) is 75.8 Å². The first kappa shape index (κ1) is 29.8. The molecular weight excluding hydrogens is 632 g/mol. The lowest BCUT2D eigenvalue weighted by Crippen LogP contribution is -2.36. The molecule has 0 saturated carbocycles. The van der Waals surface area contributed by atoms with Crippen LogP contribution in [0.1, 0.15) is 40.9 Å². The third kappa shape index (κ3) is 6.68. The maximum absolute atomic E-state index is 13.8. The van der Waals surface area contributed by atoms with Crippen molar-refractivity contribution in [1.29, 1.82) is 0 Å². The molecule has 7 nitrogen and oxygen atoms in total. The summed E-state index contributed by atoms with van der Waals surface area (Å²) in [4.78, 5) is 18.6. The summed E-state index contributed by atoms with van der Waals surface area (Å²) in [5, 5.41) is 6.20. The number of carbonyl (C=O) groups excluding carboxylic acids is 1. The molecule has 0 unspecified atom stereocenters. The average molecular weight is 662 g/mol. The fourth-order valence-corrected chi connectivity index (χ4v) is 7.22. The summed E-state index contributed by atoms with van der Waals surface area (Å²) in [6, 6.07) is 28.7. The van der Waals surface area contributed by atoms with E-state index in [1.807, 2.05) is 93.6 Å². The lowest BCUT2D eigenvalue weighted by Gasteiger charge is -2.26. The molecule has 214 valence electrons. The van der Waals surface area contributed by atoms with Crippen LogP contribution in [-0.4, -0.2) is 35.9 Å². The Bertz CT molecular complexity index is 1840. The summed E-state index contributed by atoms with van der Waals surface area (Å²) in [6.07, 6.45) is 1.60. The van der Waals surface area contributed by atoms with E-state index >= 15 is 0 Å². The lowest BCUT2D eigenvalue weighted by molar-refractivity contribution is 0.0987. The van der Waals surface area contributed by atoms with Gasteiger partial charge in [-0.05, 0) is 86.0 Å². The van der Waals surface area contributed by atoms with Gasteiger partial charge in [0.05, 0.1) is 21.3 Å². The van der Waals surface area contributed by atoms with Crippen LogP contribution >= 0.6 is 27.3 Å². The van der Waals surface area contributed by atoms with Crippen molar-refractivity contribution < 1.29 is 13.2 Å². The zero-order chi connectivity index (χ0) is 29.9. The number of aryl methyl sites for hydroxylation is 1. The minimum atomic E-state index is -3.82. The quantitative estimate of drug-likeness (QED) is 0.120. The molecule has 4 aromatic carbocycles. The number of amides is 1. The molecule has 42 heavy (non-hydrogen) atoms. The van der Waals surface area contributed by atoms with Crippen molar-refractivity contribution >= 4 is 64.8 Å². The van der Waals surface area contributed by atoms with Crippen LogP contribution in [0.2, 0.25) is 0 Å². The van der Waals surface area contributed by atoms with Crippen LogP contribution < -0.4 is 5.01 Å². The first-order chi connectivity index (χ1) is 20.1. The largest absolute Gasteiger partial charge is 0.280 e. The topological polar surface area (TPSA) is 82.9 Å². The van der Waals surface area contributed by atoms with Gasteiger partial charge in [-0.3, -0.25) is 4.79 Å². The summed E-state index contributed by atoms with van der Waals surface area (Å²) < 4.78 is 30.6. The smallest absolute Gasteiger partial charge is 0.267 e. The monoisotopic (exact) mass is 660 g/mol. The van der Waals surface area contributed by atoms with E-state index in [1.54, 1.807) is 6.21 Å². The SMILES string of the molecule is Cc1ccc2nc(N(/N=C/c3ccc(Br)cc3)C(=O)c3ccc(S(=O)(=O)N(Cc4ccccc4)C(C)C)cc3)sc2c1. The molecule has 0 aliphatic heterocycles. The Kier molecular flexibility index (Phi) is 8.98. The Balaban J connectivity index is 1.46. The summed E-state index contributed by atoms with van der Waals surface area (Å²) in [5.41, 5.74) is 3.85. The van der Waals surface area contributed by atoms with Crippen LogP contribution in [-0.2, 0) is 16.6 Å². The molecule has 10 heteroatoms. The second-order valence-electron chi connectivity index (χ2n) is 10.0. The van der Waals surface area contributed by atoms with Crippen LogP contribution in [0.4, 0.5) is 5.13 Å².